The molecule has 0 radical (unpaired) electrons. The summed E-state index contributed by atoms with van der Waals surface area (Å²) in [6, 6.07) is 3.64. The van der Waals surface area contributed by atoms with Crippen molar-refractivity contribution in [3.8, 4) is 0 Å². The molecule has 0 spiro atoms. The Kier molecular flexibility index (Phi) is 3.93. The van der Waals surface area contributed by atoms with Crippen LogP contribution in [0.25, 0.3) is 0 Å². The molecule has 0 aromatic heterocycles. The van der Waals surface area contributed by atoms with Crippen molar-refractivity contribution in [2.75, 3.05) is 11.4 Å². The summed E-state index contributed by atoms with van der Waals surface area (Å²) >= 11 is 0. The number of anilines is 1. The first-order valence-corrected chi connectivity index (χ1v) is 6.76. The van der Waals surface area contributed by atoms with Gasteiger partial charge in [0.05, 0.1) is 11.3 Å². The lowest BCUT2D eigenvalue weighted by molar-refractivity contribution is -0.132. The Hall–Kier alpha value is -2.43. The highest BCUT2D eigenvalue weighted by Gasteiger charge is 2.36. The first-order valence-electron chi connectivity index (χ1n) is 6.76. The van der Waals surface area contributed by atoms with E-state index in [-0.39, 0.29) is 12.1 Å². The predicted molar refractivity (Wildman–Crippen MR) is 78.6 cm³/mol. The van der Waals surface area contributed by atoms with Crippen molar-refractivity contribution in [1.29, 1.82) is 0 Å². The zero-order valence-corrected chi connectivity index (χ0v) is 12.3. The smallest absolute Gasteiger partial charge is 0.331 e. The average Bonchev–Trinajstić information content (AvgIpc) is 2.63. The van der Waals surface area contributed by atoms with Gasteiger partial charge in [-0.15, -0.1) is 0 Å². The SMILES string of the molecule is CCC(=CCN1C(=O)C(=O)c2c(C)cc(C)cc21)C(=O)O. The molecule has 0 atom stereocenters. The third kappa shape index (κ3) is 2.59. The van der Waals surface area contributed by atoms with Gasteiger partial charge in [-0.25, -0.2) is 4.79 Å². The largest absolute Gasteiger partial charge is 0.478 e. The molecule has 2 rings (SSSR count). The van der Waals surface area contributed by atoms with Gasteiger partial charge in [0.2, 0.25) is 0 Å². The number of carboxylic acid groups (broad SMARTS) is 1. The molecule has 0 aliphatic carbocycles. The van der Waals surface area contributed by atoms with Crippen molar-refractivity contribution in [3.63, 3.8) is 0 Å². The minimum atomic E-state index is -1.00. The molecule has 0 unspecified atom stereocenters. The second-order valence-corrected chi connectivity index (χ2v) is 5.11. The number of fused-ring (bicyclic) bond motifs is 1. The fourth-order valence-electron chi connectivity index (χ4n) is 2.56. The van der Waals surface area contributed by atoms with Crippen LogP contribution in [0.15, 0.2) is 23.8 Å². The monoisotopic (exact) mass is 287 g/mol. The Morgan fingerprint density at radius 1 is 1.29 bits per heavy atom. The van der Waals surface area contributed by atoms with Crippen molar-refractivity contribution in [1.82, 2.24) is 0 Å². The fraction of sp³-hybridized carbons (Fsp3) is 0.312. The lowest BCUT2D eigenvalue weighted by Crippen LogP contribution is -2.30. The van der Waals surface area contributed by atoms with Gasteiger partial charge in [-0.3, -0.25) is 9.59 Å². The van der Waals surface area contributed by atoms with Gasteiger partial charge < -0.3 is 10.0 Å². The van der Waals surface area contributed by atoms with Crippen LogP contribution in [0.3, 0.4) is 0 Å². The van der Waals surface area contributed by atoms with Crippen LogP contribution in [0.2, 0.25) is 0 Å². The number of ketones is 1. The molecule has 0 saturated carbocycles. The van der Waals surface area contributed by atoms with Crippen molar-refractivity contribution in [3.05, 3.63) is 40.5 Å². The minimum Gasteiger partial charge on any atom is -0.478 e. The summed E-state index contributed by atoms with van der Waals surface area (Å²) in [6.45, 7) is 5.52. The van der Waals surface area contributed by atoms with E-state index in [1.54, 1.807) is 19.9 Å². The number of carbonyl (C=O) groups is 3. The molecule has 1 aliphatic heterocycles. The number of hydrogen-bond donors (Lipinski definition) is 1. The molecular formula is C16H17NO4. The Balaban J connectivity index is 2.42. The van der Waals surface area contributed by atoms with Gasteiger partial charge >= 0.3 is 5.97 Å². The molecule has 1 aliphatic rings. The first kappa shape index (κ1) is 15.0. The summed E-state index contributed by atoms with van der Waals surface area (Å²) in [5.41, 5.74) is 2.94. The van der Waals surface area contributed by atoms with Crippen molar-refractivity contribution in [2.45, 2.75) is 27.2 Å². The van der Waals surface area contributed by atoms with Crippen LogP contribution in [-0.2, 0) is 9.59 Å². The molecule has 5 heteroatoms. The summed E-state index contributed by atoms with van der Waals surface area (Å²) in [7, 11) is 0. The number of aliphatic carboxylic acids is 1. The maximum absolute atomic E-state index is 12.1. The van der Waals surface area contributed by atoms with Crippen LogP contribution >= 0.6 is 0 Å². The second-order valence-electron chi connectivity index (χ2n) is 5.11. The lowest BCUT2D eigenvalue weighted by Gasteiger charge is -2.15. The second kappa shape index (κ2) is 5.52. The maximum atomic E-state index is 12.1. The Labute approximate surface area is 122 Å². The average molecular weight is 287 g/mol. The third-order valence-electron chi connectivity index (χ3n) is 3.59. The third-order valence-corrected chi connectivity index (χ3v) is 3.59. The molecular weight excluding hydrogens is 270 g/mol. The molecule has 1 amide bonds. The van der Waals surface area contributed by atoms with Crippen molar-refractivity contribution >= 4 is 23.3 Å². The Morgan fingerprint density at radius 2 is 1.95 bits per heavy atom. The van der Waals surface area contributed by atoms with Crippen molar-refractivity contribution < 1.29 is 19.5 Å². The van der Waals surface area contributed by atoms with Crippen LogP contribution in [0.1, 0.15) is 34.8 Å². The van der Waals surface area contributed by atoms with E-state index in [0.717, 1.165) is 11.1 Å². The van der Waals surface area contributed by atoms with E-state index >= 15 is 0 Å². The van der Waals surface area contributed by atoms with E-state index in [9.17, 15) is 14.4 Å². The predicted octanol–water partition coefficient (Wildman–Crippen LogP) is 2.25. The molecule has 0 saturated heterocycles. The van der Waals surface area contributed by atoms with E-state index in [1.807, 2.05) is 13.0 Å². The van der Waals surface area contributed by atoms with E-state index < -0.39 is 17.7 Å². The number of rotatable bonds is 4. The van der Waals surface area contributed by atoms with Crippen LogP contribution in [-0.4, -0.2) is 29.3 Å². The topological polar surface area (TPSA) is 74.7 Å². The summed E-state index contributed by atoms with van der Waals surface area (Å²) in [5.74, 6) is -2.13. The molecule has 110 valence electrons. The highest BCUT2D eigenvalue weighted by atomic mass is 16.4. The summed E-state index contributed by atoms with van der Waals surface area (Å²) in [4.78, 5) is 36.5. The molecule has 0 bridgehead atoms. The number of hydrogen-bond acceptors (Lipinski definition) is 3. The van der Waals surface area contributed by atoms with Gasteiger partial charge in [0.15, 0.2) is 0 Å². The summed E-state index contributed by atoms with van der Waals surface area (Å²) < 4.78 is 0. The van der Waals surface area contributed by atoms with E-state index in [0.29, 0.717) is 17.7 Å². The summed E-state index contributed by atoms with van der Waals surface area (Å²) in [6.07, 6.45) is 1.85. The van der Waals surface area contributed by atoms with E-state index in [4.69, 9.17) is 5.11 Å². The van der Waals surface area contributed by atoms with Gasteiger partial charge in [0, 0.05) is 12.1 Å². The maximum Gasteiger partial charge on any atom is 0.331 e. The van der Waals surface area contributed by atoms with Crippen LogP contribution in [0.4, 0.5) is 5.69 Å². The summed E-state index contributed by atoms with van der Waals surface area (Å²) in [5, 5.41) is 9.01. The van der Waals surface area contributed by atoms with Gasteiger partial charge in [-0.05, 0) is 37.5 Å². The molecule has 0 fully saturated rings. The number of carbonyl (C=O) groups excluding carboxylic acids is 2. The normalized spacial score (nSPS) is 14.6. The van der Waals surface area contributed by atoms with Gasteiger partial charge in [0.25, 0.3) is 11.7 Å². The van der Waals surface area contributed by atoms with Crippen LogP contribution in [0.5, 0.6) is 0 Å². The highest BCUT2D eigenvalue weighted by molar-refractivity contribution is 6.52. The molecule has 1 N–H and O–H groups in total. The zero-order valence-electron chi connectivity index (χ0n) is 12.3. The number of nitrogens with zero attached hydrogens (tertiary/aromatic N) is 1. The highest BCUT2D eigenvalue weighted by Crippen LogP contribution is 2.32. The van der Waals surface area contributed by atoms with Crippen molar-refractivity contribution in [2.24, 2.45) is 0 Å². The molecule has 1 aromatic carbocycles. The number of Topliss-reactive ketones (excluding diaryl/α,β-unsaturated/α-hetero) is 1. The van der Waals surface area contributed by atoms with Gasteiger partial charge in [-0.1, -0.05) is 19.1 Å². The zero-order chi connectivity index (χ0) is 15.7. The number of amides is 1. The van der Waals surface area contributed by atoms with E-state index in [2.05, 4.69) is 0 Å². The van der Waals surface area contributed by atoms with Gasteiger partial charge in [0.1, 0.15) is 0 Å². The fourth-order valence-corrected chi connectivity index (χ4v) is 2.56. The Bertz CT molecular complexity index is 673. The van der Waals surface area contributed by atoms with Gasteiger partial charge in [-0.2, -0.15) is 0 Å². The number of benzene rings is 1. The van der Waals surface area contributed by atoms with E-state index in [1.165, 1.54) is 11.0 Å². The van der Waals surface area contributed by atoms with Crippen LogP contribution in [0, 0.1) is 13.8 Å². The quantitative estimate of drug-likeness (QED) is 0.681. The number of carboxylic acids is 1. The Morgan fingerprint density at radius 3 is 2.52 bits per heavy atom. The first-order chi connectivity index (χ1) is 9.86. The molecule has 21 heavy (non-hydrogen) atoms. The number of aryl methyl sites for hydroxylation is 2. The lowest BCUT2D eigenvalue weighted by atomic mass is 10.0. The molecule has 1 heterocycles. The molecule has 1 aromatic rings. The molecule has 5 nitrogen and oxygen atoms in total. The minimum absolute atomic E-state index is 0.0932. The van der Waals surface area contributed by atoms with Crippen LogP contribution < -0.4 is 4.90 Å². The standard InChI is InChI=1S/C16H17NO4/c1-4-11(16(20)21)5-6-17-12-8-9(2)7-10(3)13(12)14(18)15(17)19/h5,7-8H,4,6H2,1-3H3,(H,20,21).